The standard InChI is InChI=1S/C16H20N4O/c1-2-16(8-10-17-11-16)15(21)19-13-5-3-12(4-6-13)14-7-9-18-20-14/h3-7,9,17H,2,8,10-11H2,1H3,(H,18,20)(H,19,21). The Bertz CT molecular complexity index is 598. The zero-order chi connectivity index (χ0) is 14.7. The van der Waals surface area contributed by atoms with E-state index in [9.17, 15) is 4.79 Å². The number of aromatic amines is 1. The van der Waals surface area contributed by atoms with E-state index in [1.165, 1.54) is 0 Å². The third kappa shape index (κ3) is 2.69. The summed E-state index contributed by atoms with van der Waals surface area (Å²) in [7, 11) is 0. The van der Waals surface area contributed by atoms with Crippen molar-refractivity contribution in [3.05, 3.63) is 36.5 Å². The van der Waals surface area contributed by atoms with Crippen LogP contribution in [0.3, 0.4) is 0 Å². The molecule has 2 aromatic rings. The largest absolute Gasteiger partial charge is 0.326 e. The summed E-state index contributed by atoms with van der Waals surface area (Å²) in [5.74, 6) is 0.115. The number of anilines is 1. The Balaban J connectivity index is 1.72. The molecule has 21 heavy (non-hydrogen) atoms. The van der Waals surface area contributed by atoms with Gasteiger partial charge in [0.05, 0.1) is 11.1 Å². The van der Waals surface area contributed by atoms with Crippen LogP contribution in [0.15, 0.2) is 36.5 Å². The zero-order valence-corrected chi connectivity index (χ0v) is 12.1. The number of amides is 1. The monoisotopic (exact) mass is 284 g/mol. The molecule has 110 valence electrons. The summed E-state index contributed by atoms with van der Waals surface area (Å²) in [4.78, 5) is 12.5. The zero-order valence-electron chi connectivity index (χ0n) is 12.1. The summed E-state index contributed by atoms with van der Waals surface area (Å²) in [5, 5.41) is 13.2. The Morgan fingerprint density at radius 3 is 2.71 bits per heavy atom. The van der Waals surface area contributed by atoms with E-state index in [4.69, 9.17) is 0 Å². The number of aromatic nitrogens is 2. The highest BCUT2D eigenvalue weighted by Gasteiger charge is 2.39. The van der Waals surface area contributed by atoms with Crippen molar-refractivity contribution in [3.8, 4) is 11.3 Å². The predicted octanol–water partition coefficient (Wildman–Crippen LogP) is 2.40. The second-order valence-corrected chi connectivity index (χ2v) is 5.56. The molecule has 1 saturated heterocycles. The first-order valence-electron chi connectivity index (χ1n) is 7.35. The topological polar surface area (TPSA) is 69.8 Å². The third-order valence-electron chi connectivity index (χ3n) is 4.36. The van der Waals surface area contributed by atoms with Gasteiger partial charge in [-0.3, -0.25) is 9.89 Å². The number of H-pyrrole nitrogens is 1. The summed E-state index contributed by atoms with van der Waals surface area (Å²) < 4.78 is 0. The molecule has 0 spiro atoms. The van der Waals surface area contributed by atoms with Crippen molar-refractivity contribution >= 4 is 11.6 Å². The fourth-order valence-electron chi connectivity index (χ4n) is 2.81. The number of hydrogen-bond donors (Lipinski definition) is 3. The van der Waals surface area contributed by atoms with E-state index >= 15 is 0 Å². The molecule has 1 aliphatic heterocycles. The van der Waals surface area contributed by atoms with E-state index in [1.54, 1.807) is 6.20 Å². The molecule has 0 aliphatic carbocycles. The molecule has 1 amide bonds. The quantitative estimate of drug-likeness (QED) is 0.807. The molecule has 0 saturated carbocycles. The van der Waals surface area contributed by atoms with Gasteiger partial charge in [0, 0.05) is 18.4 Å². The number of rotatable bonds is 4. The highest BCUT2D eigenvalue weighted by Crippen LogP contribution is 2.31. The van der Waals surface area contributed by atoms with Crippen molar-refractivity contribution in [1.29, 1.82) is 0 Å². The minimum Gasteiger partial charge on any atom is -0.326 e. The number of carbonyl (C=O) groups is 1. The number of hydrogen-bond acceptors (Lipinski definition) is 3. The van der Waals surface area contributed by atoms with Crippen LogP contribution in [0.4, 0.5) is 5.69 Å². The van der Waals surface area contributed by atoms with Crippen LogP contribution < -0.4 is 10.6 Å². The van der Waals surface area contributed by atoms with Crippen LogP contribution in [0.5, 0.6) is 0 Å². The maximum absolute atomic E-state index is 12.5. The average Bonchev–Trinajstić information content (AvgIpc) is 3.20. The minimum atomic E-state index is -0.262. The van der Waals surface area contributed by atoms with Crippen molar-refractivity contribution in [1.82, 2.24) is 15.5 Å². The van der Waals surface area contributed by atoms with Crippen LogP contribution >= 0.6 is 0 Å². The summed E-state index contributed by atoms with van der Waals surface area (Å²) in [6.07, 6.45) is 3.49. The van der Waals surface area contributed by atoms with E-state index in [-0.39, 0.29) is 11.3 Å². The second-order valence-electron chi connectivity index (χ2n) is 5.56. The third-order valence-corrected chi connectivity index (χ3v) is 4.36. The van der Waals surface area contributed by atoms with Gasteiger partial charge in [0.15, 0.2) is 0 Å². The molecular formula is C16H20N4O. The van der Waals surface area contributed by atoms with Gasteiger partial charge >= 0.3 is 0 Å². The van der Waals surface area contributed by atoms with Crippen LogP contribution in [0.2, 0.25) is 0 Å². The predicted molar refractivity (Wildman–Crippen MR) is 82.9 cm³/mol. The van der Waals surface area contributed by atoms with Gasteiger partial charge in [0.2, 0.25) is 5.91 Å². The molecular weight excluding hydrogens is 264 g/mol. The normalized spacial score (nSPS) is 21.4. The number of nitrogens with zero attached hydrogens (tertiary/aromatic N) is 1. The van der Waals surface area contributed by atoms with Gasteiger partial charge < -0.3 is 10.6 Å². The maximum atomic E-state index is 12.5. The minimum absolute atomic E-state index is 0.115. The van der Waals surface area contributed by atoms with Gasteiger partial charge in [-0.2, -0.15) is 5.10 Å². The smallest absolute Gasteiger partial charge is 0.231 e. The highest BCUT2D eigenvalue weighted by molar-refractivity contribution is 5.95. The molecule has 3 N–H and O–H groups in total. The van der Waals surface area contributed by atoms with Crippen LogP contribution in [0.25, 0.3) is 11.3 Å². The van der Waals surface area contributed by atoms with Crippen molar-refractivity contribution in [2.24, 2.45) is 5.41 Å². The molecule has 5 nitrogen and oxygen atoms in total. The summed E-state index contributed by atoms with van der Waals surface area (Å²) in [5.41, 5.74) is 2.60. The van der Waals surface area contributed by atoms with Crippen LogP contribution in [-0.4, -0.2) is 29.2 Å². The first-order valence-corrected chi connectivity index (χ1v) is 7.35. The lowest BCUT2D eigenvalue weighted by atomic mass is 9.83. The molecule has 2 heterocycles. The van der Waals surface area contributed by atoms with Crippen molar-refractivity contribution in [2.75, 3.05) is 18.4 Å². The molecule has 0 radical (unpaired) electrons. The Morgan fingerprint density at radius 1 is 1.33 bits per heavy atom. The van der Waals surface area contributed by atoms with E-state index in [0.29, 0.717) is 0 Å². The van der Waals surface area contributed by atoms with E-state index in [0.717, 1.165) is 42.9 Å². The Hall–Kier alpha value is -2.14. The lowest BCUT2D eigenvalue weighted by molar-refractivity contribution is -0.124. The second kappa shape index (κ2) is 5.69. The lowest BCUT2D eigenvalue weighted by Crippen LogP contribution is -2.37. The van der Waals surface area contributed by atoms with Gasteiger partial charge in [0.25, 0.3) is 0 Å². The van der Waals surface area contributed by atoms with Crippen molar-refractivity contribution < 1.29 is 4.79 Å². The first kappa shape index (κ1) is 13.8. The molecule has 5 heteroatoms. The number of nitrogens with one attached hydrogen (secondary N) is 3. The first-order chi connectivity index (χ1) is 10.2. The Morgan fingerprint density at radius 2 is 2.14 bits per heavy atom. The van der Waals surface area contributed by atoms with Gasteiger partial charge in [-0.25, -0.2) is 0 Å². The van der Waals surface area contributed by atoms with E-state index < -0.39 is 0 Å². The van der Waals surface area contributed by atoms with Crippen molar-refractivity contribution in [3.63, 3.8) is 0 Å². The molecule has 0 bridgehead atoms. The van der Waals surface area contributed by atoms with Crippen molar-refractivity contribution in [2.45, 2.75) is 19.8 Å². The summed E-state index contributed by atoms with van der Waals surface area (Å²) in [6, 6.07) is 9.74. The van der Waals surface area contributed by atoms with E-state index in [2.05, 4.69) is 27.8 Å². The molecule has 1 unspecified atom stereocenters. The number of benzene rings is 1. The average molecular weight is 284 g/mol. The summed E-state index contributed by atoms with van der Waals surface area (Å²) >= 11 is 0. The summed E-state index contributed by atoms with van der Waals surface area (Å²) in [6.45, 7) is 3.76. The van der Waals surface area contributed by atoms with Gasteiger partial charge in [-0.15, -0.1) is 0 Å². The molecule has 1 aliphatic rings. The maximum Gasteiger partial charge on any atom is 0.231 e. The molecule has 1 aromatic heterocycles. The molecule has 1 aromatic carbocycles. The van der Waals surface area contributed by atoms with Crippen LogP contribution in [-0.2, 0) is 4.79 Å². The Labute approximate surface area is 124 Å². The van der Waals surface area contributed by atoms with Crippen LogP contribution in [0.1, 0.15) is 19.8 Å². The highest BCUT2D eigenvalue weighted by atomic mass is 16.2. The van der Waals surface area contributed by atoms with Crippen LogP contribution in [0, 0.1) is 5.41 Å². The SMILES string of the molecule is CCC1(C(=O)Nc2ccc(-c3ccn[nH]3)cc2)CCNC1. The van der Waals surface area contributed by atoms with E-state index in [1.807, 2.05) is 30.3 Å². The Kier molecular flexibility index (Phi) is 3.75. The molecule has 1 fully saturated rings. The fraction of sp³-hybridized carbons (Fsp3) is 0.375. The molecule has 1 atom stereocenters. The number of carbonyl (C=O) groups excluding carboxylic acids is 1. The molecule has 3 rings (SSSR count). The van der Waals surface area contributed by atoms with Gasteiger partial charge in [-0.05, 0) is 43.1 Å². The fourth-order valence-corrected chi connectivity index (χ4v) is 2.81. The van der Waals surface area contributed by atoms with Gasteiger partial charge in [0.1, 0.15) is 0 Å². The van der Waals surface area contributed by atoms with Gasteiger partial charge in [-0.1, -0.05) is 19.1 Å². The lowest BCUT2D eigenvalue weighted by Gasteiger charge is -2.25.